The third-order valence-corrected chi connectivity index (χ3v) is 3.30. The van der Waals surface area contributed by atoms with Crippen LogP contribution < -0.4 is 0 Å². The molecular formula is C4H3BrO2S2. The van der Waals surface area contributed by atoms with Crippen LogP contribution in [0.2, 0.25) is 0 Å². The van der Waals surface area contributed by atoms with Crippen molar-refractivity contribution in [3.8, 4) is 0 Å². The average molecular weight is 227 g/mol. The highest BCUT2D eigenvalue weighted by Gasteiger charge is 2.01. The molecule has 1 unspecified atom stereocenters. The van der Waals surface area contributed by atoms with Crippen LogP contribution in [0.15, 0.2) is 20.1 Å². The van der Waals surface area contributed by atoms with Gasteiger partial charge in [-0.1, -0.05) is 0 Å². The van der Waals surface area contributed by atoms with Gasteiger partial charge in [-0.2, -0.15) is 0 Å². The summed E-state index contributed by atoms with van der Waals surface area (Å²) < 4.78 is 20.2. The van der Waals surface area contributed by atoms with E-state index in [1.165, 1.54) is 11.3 Å². The maximum absolute atomic E-state index is 10.3. The number of halogens is 1. The second kappa shape index (κ2) is 2.92. The smallest absolute Gasteiger partial charge is 0.196 e. The number of hydrogen-bond donors (Lipinski definition) is 1. The normalized spacial score (nSPS) is 13.6. The first-order chi connectivity index (χ1) is 4.20. The maximum atomic E-state index is 10.3. The van der Waals surface area contributed by atoms with Gasteiger partial charge in [-0.15, -0.1) is 11.3 Å². The molecule has 0 aliphatic rings. The molecule has 0 aliphatic carbocycles. The third kappa shape index (κ3) is 1.86. The van der Waals surface area contributed by atoms with E-state index in [1.807, 2.05) is 0 Å². The molecule has 50 valence electrons. The fraction of sp³-hybridized carbons (Fsp3) is 0. The van der Waals surface area contributed by atoms with Gasteiger partial charge < -0.3 is 4.55 Å². The van der Waals surface area contributed by atoms with Crippen molar-refractivity contribution >= 4 is 38.3 Å². The Balaban J connectivity index is 2.98. The summed E-state index contributed by atoms with van der Waals surface area (Å²) in [6.07, 6.45) is 0. The average Bonchev–Trinajstić information content (AvgIpc) is 2.14. The van der Waals surface area contributed by atoms with E-state index in [4.69, 9.17) is 4.55 Å². The molecule has 5 heteroatoms. The Bertz CT molecular complexity index is 232. The van der Waals surface area contributed by atoms with Crippen LogP contribution >= 0.6 is 27.3 Å². The van der Waals surface area contributed by atoms with Crippen LogP contribution in [0.25, 0.3) is 0 Å². The molecule has 0 fully saturated rings. The minimum absolute atomic E-state index is 0.474. The van der Waals surface area contributed by atoms with E-state index in [2.05, 4.69) is 15.9 Å². The lowest BCUT2D eigenvalue weighted by Crippen LogP contribution is -1.79. The van der Waals surface area contributed by atoms with Crippen LogP contribution in [0.1, 0.15) is 0 Å². The molecule has 0 saturated heterocycles. The lowest BCUT2D eigenvalue weighted by atomic mass is 10.7. The standard InChI is InChI=1S/C4H3BrO2S2/c5-3-1-2-4(8-3)9(6)7/h1-2H,(H,6,7). The lowest BCUT2D eigenvalue weighted by molar-refractivity contribution is 0.566. The van der Waals surface area contributed by atoms with Crippen LogP contribution in [0.4, 0.5) is 0 Å². The van der Waals surface area contributed by atoms with Crippen molar-refractivity contribution < 1.29 is 8.76 Å². The summed E-state index contributed by atoms with van der Waals surface area (Å²) in [4.78, 5) is 0. The van der Waals surface area contributed by atoms with Gasteiger partial charge in [0.2, 0.25) is 0 Å². The van der Waals surface area contributed by atoms with Crippen molar-refractivity contribution in [3.63, 3.8) is 0 Å². The first-order valence-corrected chi connectivity index (χ1v) is 4.78. The fourth-order valence-corrected chi connectivity index (χ4v) is 2.57. The van der Waals surface area contributed by atoms with Gasteiger partial charge in [-0.05, 0) is 28.1 Å². The van der Waals surface area contributed by atoms with Crippen molar-refractivity contribution in [1.29, 1.82) is 0 Å². The Hall–Kier alpha value is 0.290. The molecule has 0 spiro atoms. The van der Waals surface area contributed by atoms with E-state index in [9.17, 15) is 4.21 Å². The number of hydrogen-bond acceptors (Lipinski definition) is 2. The van der Waals surface area contributed by atoms with Crippen LogP contribution in [0.5, 0.6) is 0 Å². The van der Waals surface area contributed by atoms with Crippen molar-refractivity contribution in [2.45, 2.75) is 4.21 Å². The monoisotopic (exact) mass is 226 g/mol. The Labute approximate surface area is 67.3 Å². The second-order valence-electron chi connectivity index (χ2n) is 1.31. The molecule has 0 aliphatic heterocycles. The third-order valence-electron chi connectivity index (χ3n) is 0.721. The molecule has 1 aromatic heterocycles. The van der Waals surface area contributed by atoms with Gasteiger partial charge in [0.05, 0.1) is 3.79 Å². The molecule has 9 heavy (non-hydrogen) atoms. The number of rotatable bonds is 1. The summed E-state index contributed by atoms with van der Waals surface area (Å²) in [6, 6.07) is 3.36. The molecule has 0 bridgehead atoms. The molecule has 0 saturated carbocycles. The van der Waals surface area contributed by atoms with Crippen molar-refractivity contribution in [2.75, 3.05) is 0 Å². The molecule has 1 rings (SSSR count). The SMILES string of the molecule is O=S(O)c1ccc(Br)s1. The molecule has 1 N–H and O–H groups in total. The minimum atomic E-state index is -1.82. The first-order valence-electron chi connectivity index (χ1n) is 2.06. The molecule has 0 aromatic carbocycles. The zero-order valence-electron chi connectivity index (χ0n) is 4.20. The maximum Gasteiger partial charge on any atom is 0.196 e. The van der Waals surface area contributed by atoms with Gasteiger partial charge in [0.25, 0.3) is 0 Å². The number of thiophene rings is 1. The van der Waals surface area contributed by atoms with Gasteiger partial charge in [-0.3, -0.25) is 0 Å². The van der Waals surface area contributed by atoms with Crippen molar-refractivity contribution in [3.05, 3.63) is 15.9 Å². The highest BCUT2D eigenvalue weighted by atomic mass is 79.9. The van der Waals surface area contributed by atoms with E-state index in [-0.39, 0.29) is 0 Å². The van der Waals surface area contributed by atoms with Crippen molar-refractivity contribution in [2.24, 2.45) is 0 Å². The predicted octanol–water partition coefficient (Wildman–Crippen LogP) is 2.09. The summed E-state index contributed by atoms with van der Waals surface area (Å²) in [6.45, 7) is 0. The summed E-state index contributed by atoms with van der Waals surface area (Å²) in [7, 11) is 0. The molecule has 0 amide bonds. The Morgan fingerprint density at radius 1 is 1.67 bits per heavy atom. The van der Waals surface area contributed by atoms with Gasteiger partial charge in [-0.25, -0.2) is 4.21 Å². The zero-order chi connectivity index (χ0) is 6.85. The van der Waals surface area contributed by atoms with Gasteiger partial charge in [0, 0.05) is 0 Å². The van der Waals surface area contributed by atoms with Crippen LogP contribution in [-0.4, -0.2) is 8.76 Å². The highest BCUT2D eigenvalue weighted by molar-refractivity contribution is 9.11. The van der Waals surface area contributed by atoms with Gasteiger partial charge >= 0.3 is 0 Å². The predicted molar refractivity (Wildman–Crippen MR) is 41.1 cm³/mol. The highest BCUT2D eigenvalue weighted by Crippen LogP contribution is 2.23. The molecule has 0 radical (unpaired) electrons. The zero-order valence-corrected chi connectivity index (χ0v) is 7.42. The van der Waals surface area contributed by atoms with E-state index in [1.54, 1.807) is 12.1 Å². The molecule has 1 aromatic rings. The summed E-state index contributed by atoms with van der Waals surface area (Å²) in [5.41, 5.74) is 0. The first kappa shape index (κ1) is 7.40. The Morgan fingerprint density at radius 3 is 2.56 bits per heavy atom. The quantitative estimate of drug-likeness (QED) is 0.746. The van der Waals surface area contributed by atoms with Crippen molar-refractivity contribution in [1.82, 2.24) is 0 Å². The lowest BCUT2D eigenvalue weighted by Gasteiger charge is -1.80. The van der Waals surface area contributed by atoms with E-state index >= 15 is 0 Å². The summed E-state index contributed by atoms with van der Waals surface area (Å²) >= 11 is 2.62. The molecular weight excluding hydrogens is 224 g/mol. The van der Waals surface area contributed by atoms with E-state index < -0.39 is 11.1 Å². The van der Waals surface area contributed by atoms with E-state index in [0.29, 0.717) is 4.21 Å². The minimum Gasteiger partial charge on any atom is -0.302 e. The molecule has 1 atom stereocenters. The van der Waals surface area contributed by atoms with Crippen LogP contribution in [-0.2, 0) is 11.1 Å². The summed E-state index contributed by atoms with van der Waals surface area (Å²) in [5.74, 6) is 0. The molecule has 2 nitrogen and oxygen atoms in total. The molecule has 1 heterocycles. The Kier molecular flexibility index (Phi) is 2.40. The fourth-order valence-electron chi connectivity index (χ4n) is 0.392. The van der Waals surface area contributed by atoms with Gasteiger partial charge in [0.1, 0.15) is 4.21 Å². The van der Waals surface area contributed by atoms with Crippen LogP contribution in [0, 0.1) is 0 Å². The summed E-state index contributed by atoms with van der Waals surface area (Å²) in [5, 5.41) is 0. The topological polar surface area (TPSA) is 37.3 Å². The largest absolute Gasteiger partial charge is 0.302 e. The Morgan fingerprint density at radius 2 is 2.33 bits per heavy atom. The second-order valence-corrected chi connectivity index (χ2v) is 4.97. The van der Waals surface area contributed by atoms with Gasteiger partial charge in [0.15, 0.2) is 11.1 Å². The van der Waals surface area contributed by atoms with E-state index in [0.717, 1.165) is 3.79 Å². The van der Waals surface area contributed by atoms with Crippen LogP contribution in [0.3, 0.4) is 0 Å².